The molecule has 7 nitrogen and oxygen atoms in total. The largest absolute Gasteiger partial charge is 0.433 e. The number of halogens is 1. The minimum Gasteiger partial charge on any atom is -0.401 e. The van der Waals surface area contributed by atoms with Crippen LogP contribution in [0.1, 0.15) is 11.3 Å². The summed E-state index contributed by atoms with van der Waals surface area (Å²) in [6, 6.07) is 9.36. The number of furan rings is 1. The van der Waals surface area contributed by atoms with Crippen molar-refractivity contribution in [1.82, 2.24) is 9.80 Å². The summed E-state index contributed by atoms with van der Waals surface area (Å²) in [5, 5.41) is 10.6. The number of hydrogen-bond donors (Lipinski definition) is 0. The average molecular weight is 359 g/mol. The number of amides is 1. The van der Waals surface area contributed by atoms with Crippen LogP contribution in [0.15, 0.2) is 46.9 Å². The summed E-state index contributed by atoms with van der Waals surface area (Å²) in [7, 11) is 0. The van der Waals surface area contributed by atoms with Gasteiger partial charge in [0.15, 0.2) is 0 Å². The Hall–Kier alpha value is -3.00. The Balaban J connectivity index is 1.51. The van der Waals surface area contributed by atoms with Crippen molar-refractivity contribution < 1.29 is 18.5 Å². The molecule has 1 saturated heterocycles. The number of hydrogen-bond acceptors (Lipinski definition) is 5. The summed E-state index contributed by atoms with van der Waals surface area (Å²) in [4.78, 5) is 25.9. The maximum Gasteiger partial charge on any atom is 0.433 e. The van der Waals surface area contributed by atoms with Crippen LogP contribution in [0.4, 0.5) is 10.3 Å². The van der Waals surface area contributed by atoms with E-state index in [9.17, 15) is 19.3 Å². The lowest BCUT2D eigenvalue weighted by atomic mass is 10.2. The fourth-order valence-corrected chi connectivity index (χ4v) is 2.78. The zero-order valence-electron chi connectivity index (χ0n) is 14.0. The lowest BCUT2D eigenvalue weighted by Crippen LogP contribution is -2.47. The molecule has 1 aromatic carbocycles. The molecule has 0 bridgehead atoms. The molecule has 8 heteroatoms. The molecule has 2 heterocycles. The Morgan fingerprint density at radius 3 is 2.58 bits per heavy atom. The van der Waals surface area contributed by atoms with Crippen LogP contribution in [-0.2, 0) is 11.3 Å². The molecule has 1 aromatic heterocycles. The van der Waals surface area contributed by atoms with Crippen molar-refractivity contribution >= 4 is 17.9 Å². The SMILES string of the molecule is O=C(/C=C/c1ccc([N+](=O)[O-])o1)N1CCN(Cc2ccccc2F)CC1. The number of piperazine rings is 1. The van der Waals surface area contributed by atoms with Crippen LogP contribution >= 0.6 is 0 Å². The number of rotatable bonds is 5. The first-order valence-electron chi connectivity index (χ1n) is 8.20. The Bertz CT molecular complexity index is 825. The molecule has 1 fully saturated rings. The summed E-state index contributed by atoms with van der Waals surface area (Å²) in [5.41, 5.74) is 0.645. The highest BCUT2D eigenvalue weighted by Crippen LogP contribution is 2.17. The van der Waals surface area contributed by atoms with Crippen LogP contribution in [0.5, 0.6) is 0 Å². The lowest BCUT2D eigenvalue weighted by Gasteiger charge is -2.34. The summed E-state index contributed by atoms with van der Waals surface area (Å²) >= 11 is 0. The molecule has 0 unspecified atom stereocenters. The molecule has 0 aliphatic carbocycles. The molecular weight excluding hydrogens is 341 g/mol. The maximum absolute atomic E-state index is 13.7. The third-order valence-corrected chi connectivity index (χ3v) is 4.22. The second-order valence-electron chi connectivity index (χ2n) is 5.96. The van der Waals surface area contributed by atoms with Gasteiger partial charge in [-0.3, -0.25) is 19.8 Å². The van der Waals surface area contributed by atoms with Crippen LogP contribution < -0.4 is 0 Å². The number of nitrogens with zero attached hydrogens (tertiary/aromatic N) is 3. The third kappa shape index (κ3) is 4.34. The molecule has 3 rings (SSSR count). The maximum atomic E-state index is 13.7. The lowest BCUT2D eigenvalue weighted by molar-refractivity contribution is -0.402. The Morgan fingerprint density at radius 2 is 1.92 bits per heavy atom. The highest BCUT2D eigenvalue weighted by atomic mass is 19.1. The van der Waals surface area contributed by atoms with Crippen molar-refractivity contribution in [3.05, 3.63) is 69.7 Å². The zero-order chi connectivity index (χ0) is 18.5. The predicted molar refractivity (Wildman–Crippen MR) is 92.7 cm³/mol. The van der Waals surface area contributed by atoms with Gasteiger partial charge in [0.1, 0.15) is 16.5 Å². The molecule has 0 N–H and O–H groups in total. The van der Waals surface area contributed by atoms with Crippen molar-refractivity contribution in [2.45, 2.75) is 6.54 Å². The van der Waals surface area contributed by atoms with Gasteiger partial charge >= 0.3 is 5.88 Å². The van der Waals surface area contributed by atoms with Gasteiger partial charge in [0.05, 0.1) is 6.07 Å². The summed E-state index contributed by atoms with van der Waals surface area (Å²) in [5.74, 6) is -0.516. The van der Waals surface area contributed by atoms with Crippen LogP contribution in [0.3, 0.4) is 0 Å². The monoisotopic (exact) mass is 359 g/mol. The van der Waals surface area contributed by atoms with Gasteiger partial charge in [0.25, 0.3) is 0 Å². The van der Waals surface area contributed by atoms with Gasteiger partial charge in [-0.1, -0.05) is 18.2 Å². The summed E-state index contributed by atoms with van der Waals surface area (Å²) in [6.45, 7) is 2.90. The van der Waals surface area contributed by atoms with Crippen LogP contribution in [-0.4, -0.2) is 46.8 Å². The van der Waals surface area contributed by atoms with E-state index in [1.165, 1.54) is 30.4 Å². The highest BCUT2D eigenvalue weighted by Gasteiger charge is 2.20. The second kappa shape index (κ2) is 7.92. The van der Waals surface area contributed by atoms with E-state index in [4.69, 9.17) is 4.42 Å². The molecule has 1 amide bonds. The minimum absolute atomic E-state index is 0.186. The summed E-state index contributed by atoms with van der Waals surface area (Å²) < 4.78 is 18.7. The number of nitro groups is 1. The van der Waals surface area contributed by atoms with Gasteiger partial charge in [-0.2, -0.15) is 0 Å². The van der Waals surface area contributed by atoms with Crippen LogP contribution in [0, 0.1) is 15.9 Å². The second-order valence-corrected chi connectivity index (χ2v) is 5.96. The van der Waals surface area contributed by atoms with E-state index in [0.29, 0.717) is 38.3 Å². The van der Waals surface area contributed by atoms with E-state index >= 15 is 0 Å². The normalized spacial score (nSPS) is 15.5. The predicted octanol–water partition coefficient (Wildman–Crippen LogP) is 2.68. The van der Waals surface area contributed by atoms with Crippen molar-refractivity contribution in [3.63, 3.8) is 0 Å². The summed E-state index contributed by atoms with van der Waals surface area (Å²) in [6.07, 6.45) is 2.76. The standard InChI is InChI=1S/C18H18FN3O4/c19-16-4-2-1-3-14(16)13-20-9-11-21(12-10-20)17(23)7-5-15-6-8-18(26-15)22(24)25/h1-8H,9-13H2/b7-5+. The highest BCUT2D eigenvalue weighted by molar-refractivity contribution is 5.91. The van der Waals surface area contributed by atoms with Gasteiger partial charge in [-0.25, -0.2) is 4.39 Å². The van der Waals surface area contributed by atoms with Crippen LogP contribution in [0.25, 0.3) is 6.08 Å². The van der Waals surface area contributed by atoms with Crippen LogP contribution in [0.2, 0.25) is 0 Å². The fraction of sp³-hybridized carbons (Fsp3) is 0.278. The van der Waals surface area contributed by atoms with E-state index in [1.54, 1.807) is 17.0 Å². The van der Waals surface area contributed by atoms with Gasteiger partial charge in [-0.05, 0) is 18.2 Å². The quantitative estimate of drug-likeness (QED) is 0.466. The molecule has 26 heavy (non-hydrogen) atoms. The van der Waals surface area contributed by atoms with E-state index in [-0.39, 0.29) is 23.4 Å². The molecule has 0 saturated carbocycles. The van der Waals surface area contributed by atoms with Gasteiger partial charge in [-0.15, -0.1) is 0 Å². The Labute approximate surface area is 149 Å². The first-order valence-corrected chi connectivity index (χ1v) is 8.20. The van der Waals surface area contributed by atoms with Gasteiger partial charge < -0.3 is 9.32 Å². The minimum atomic E-state index is -0.631. The molecule has 0 radical (unpaired) electrons. The first kappa shape index (κ1) is 17.8. The Morgan fingerprint density at radius 1 is 1.19 bits per heavy atom. The van der Waals surface area contributed by atoms with Crippen molar-refractivity contribution in [2.24, 2.45) is 0 Å². The van der Waals surface area contributed by atoms with E-state index in [2.05, 4.69) is 4.90 Å². The topological polar surface area (TPSA) is 79.8 Å². The molecule has 0 atom stereocenters. The van der Waals surface area contributed by atoms with Crippen molar-refractivity contribution in [1.29, 1.82) is 0 Å². The van der Waals surface area contributed by atoms with E-state index < -0.39 is 4.92 Å². The molecule has 1 aliphatic heterocycles. The van der Waals surface area contributed by atoms with Gasteiger partial charge in [0, 0.05) is 44.4 Å². The van der Waals surface area contributed by atoms with Gasteiger partial charge in [0.2, 0.25) is 5.91 Å². The smallest absolute Gasteiger partial charge is 0.401 e. The third-order valence-electron chi connectivity index (χ3n) is 4.22. The Kier molecular flexibility index (Phi) is 5.43. The molecule has 136 valence electrons. The zero-order valence-corrected chi connectivity index (χ0v) is 14.0. The molecule has 1 aliphatic rings. The molecule has 2 aromatic rings. The average Bonchev–Trinajstić information content (AvgIpc) is 3.12. The molecular formula is C18H18FN3O4. The number of carbonyl (C=O) groups is 1. The molecule has 0 spiro atoms. The van der Waals surface area contributed by atoms with E-state index in [0.717, 1.165) is 0 Å². The number of carbonyl (C=O) groups excluding carboxylic acids is 1. The number of benzene rings is 1. The van der Waals surface area contributed by atoms with E-state index in [1.807, 2.05) is 6.07 Å². The van der Waals surface area contributed by atoms with Crippen molar-refractivity contribution in [3.8, 4) is 0 Å². The van der Waals surface area contributed by atoms with Crippen molar-refractivity contribution in [2.75, 3.05) is 26.2 Å². The fourth-order valence-electron chi connectivity index (χ4n) is 2.78. The first-order chi connectivity index (χ1) is 12.5.